The van der Waals surface area contributed by atoms with E-state index in [0.717, 1.165) is 40.8 Å². The molecule has 32 heavy (non-hydrogen) atoms. The number of nitrogens with zero attached hydrogens (tertiary/aromatic N) is 4. The fraction of sp³-hybridized carbons (Fsp3) is 0.217. The van der Waals surface area contributed by atoms with Gasteiger partial charge >= 0.3 is 0 Å². The predicted octanol–water partition coefficient (Wildman–Crippen LogP) is 5.07. The van der Waals surface area contributed by atoms with Gasteiger partial charge in [0.2, 0.25) is 5.91 Å². The Morgan fingerprint density at radius 1 is 1.06 bits per heavy atom. The van der Waals surface area contributed by atoms with Crippen LogP contribution in [-0.4, -0.2) is 31.4 Å². The van der Waals surface area contributed by atoms with Gasteiger partial charge in [-0.3, -0.25) is 9.78 Å². The Bertz CT molecular complexity index is 1170. The Hall–Kier alpha value is -3.10. The molecule has 0 spiro atoms. The number of furan rings is 1. The molecule has 0 saturated carbocycles. The van der Waals surface area contributed by atoms with Gasteiger partial charge in [-0.25, -0.2) is 0 Å². The van der Waals surface area contributed by atoms with Crippen molar-refractivity contribution < 1.29 is 9.21 Å². The van der Waals surface area contributed by atoms with Crippen molar-refractivity contribution in [2.45, 2.75) is 31.6 Å². The van der Waals surface area contributed by atoms with Gasteiger partial charge in [0.1, 0.15) is 11.5 Å². The number of halogens is 1. The molecule has 0 unspecified atom stereocenters. The summed E-state index contributed by atoms with van der Waals surface area (Å²) in [5, 5.41) is 12.9. The maximum atomic E-state index is 12.4. The highest BCUT2D eigenvalue weighted by Gasteiger charge is 2.15. The predicted molar refractivity (Wildman–Crippen MR) is 125 cm³/mol. The summed E-state index contributed by atoms with van der Waals surface area (Å²) >= 11 is 7.30. The topological polar surface area (TPSA) is 85.8 Å². The third kappa shape index (κ3) is 5.38. The maximum Gasteiger partial charge on any atom is 0.230 e. The Kier molecular flexibility index (Phi) is 7.24. The molecule has 0 saturated heterocycles. The third-order valence-electron chi connectivity index (χ3n) is 4.69. The van der Waals surface area contributed by atoms with Crippen molar-refractivity contribution in [3.05, 3.63) is 71.7 Å². The minimum Gasteiger partial charge on any atom is -0.459 e. The number of pyridine rings is 1. The molecule has 0 aliphatic rings. The molecule has 1 aromatic carbocycles. The Morgan fingerprint density at radius 3 is 2.59 bits per heavy atom. The molecule has 1 N–H and O–H groups in total. The van der Waals surface area contributed by atoms with Gasteiger partial charge in [0.25, 0.3) is 0 Å². The van der Waals surface area contributed by atoms with E-state index in [1.165, 1.54) is 11.8 Å². The van der Waals surface area contributed by atoms with Gasteiger partial charge in [-0.05, 0) is 55.0 Å². The first-order valence-electron chi connectivity index (χ1n) is 10.2. The highest BCUT2D eigenvalue weighted by Crippen LogP contribution is 2.25. The summed E-state index contributed by atoms with van der Waals surface area (Å²) < 4.78 is 7.87. The minimum atomic E-state index is -0.101. The van der Waals surface area contributed by atoms with E-state index in [4.69, 9.17) is 16.0 Å². The summed E-state index contributed by atoms with van der Waals surface area (Å²) in [5.74, 6) is 2.33. The van der Waals surface area contributed by atoms with E-state index in [1.807, 2.05) is 53.1 Å². The van der Waals surface area contributed by atoms with Gasteiger partial charge in [0.05, 0.1) is 12.3 Å². The quantitative estimate of drug-likeness (QED) is 0.346. The average Bonchev–Trinajstić information content (AvgIpc) is 3.45. The molecular weight excluding hydrogens is 446 g/mol. The summed E-state index contributed by atoms with van der Waals surface area (Å²) in [4.78, 5) is 16.4. The summed E-state index contributed by atoms with van der Waals surface area (Å²) in [6.07, 6.45) is 4.39. The number of hydrogen-bond acceptors (Lipinski definition) is 6. The van der Waals surface area contributed by atoms with E-state index < -0.39 is 0 Å². The molecule has 0 aliphatic carbocycles. The lowest BCUT2D eigenvalue weighted by molar-refractivity contribution is -0.118. The van der Waals surface area contributed by atoms with Crippen LogP contribution in [0.2, 0.25) is 5.02 Å². The highest BCUT2D eigenvalue weighted by atomic mass is 35.5. The van der Waals surface area contributed by atoms with Crippen LogP contribution >= 0.6 is 23.4 Å². The Balaban J connectivity index is 1.34. The molecule has 1 amide bonds. The Morgan fingerprint density at radius 2 is 1.84 bits per heavy atom. The second kappa shape index (κ2) is 10.5. The lowest BCUT2D eigenvalue weighted by Gasteiger charge is -2.09. The monoisotopic (exact) mass is 467 g/mol. The summed E-state index contributed by atoms with van der Waals surface area (Å²) in [6, 6.07) is 15.0. The molecule has 0 radical (unpaired) electrons. The van der Waals surface area contributed by atoms with Crippen molar-refractivity contribution in [1.29, 1.82) is 0 Å². The van der Waals surface area contributed by atoms with E-state index in [0.29, 0.717) is 17.3 Å². The fourth-order valence-corrected chi connectivity index (χ4v) is 4.06. The van der Waals surface area contributed by atoms with E-state index >= 15 is 0 Å². The van der Waals surface area contributed by atoms with Gasteiger partial charge in [0, 0.05) is 35.1 Å². The van der Waals surface area contributed by atoms with Gasteiger partial charge in [-0.1, -0.05) is 30.3 Å². The summed E-state index contributed by atoms with van der Waals surface area (Å²) in [7, 11) is 0. The lowest BCUT2D eigenvalue weighted by atomic mass is 10.2. The van der Waals surface area contributed by atoms with E-state index in [9.17, 15) is 4.79 Å². The average molecular weight is 468 g/mol. The third-order valence-corrected chi connectivity index (χ3v) is 5.90. The highest BCUT2D eigenvalue weighted by molar-refractivity contribution is 7.99. The molecular formula is C23H22ClN5O2S. The number of carbonyl (C=O) groups excluding carboxylic acids is 1. The molecule has 0 aliphatic heterocycles. The zero-order valence-corrected chi connectivity index (χ0v) is 19.1. The zero-order valence-electron chi connectivity index (χ0n) is 17.5. The van der Waals surface area contributed by atoms with E-state index in [-0.39, 0.29) is 11.7 Å². The molecule has 3 aromatic heterocycles. The van der Waals surface area contributed by atoms with Crippen LogP contribution in [0.3, 0.4) is 0 Å². The number of hydrogen-bond donors (Lipinski definition) is 1. The number of nitrogens with one attached hydrogen (secondary N) is 1. The number of thioether (sulfide) groups is 1. The van der Waals surface area contributed by atoms with Crippen molar-refractivity contribution >= 4 is 29.3 Å². The van der Waals surface area contributed by atoms with Crippen LogP contribution < -0.4 is 5.32 Å². The van der Waals surface area contributed by atoms with Crippen LogP contribution in [0.5, 0.6) is 0 Å². The van der Waals surface area contributed by atoms with Crippen LogP contribution in [0.1, 0.15) is 19.1 Å². The van der Waals surface area contributed by atoms with E-state index in [2.05, 4.69) is 27.4 Å². The number of carbonyl (C=O) groups is 1. The van der Waals surface area contributed by atoms with Crippen molar-refractivity contribution in [3.8, 4) is 22.7 Å². The van der Waals surface area contributed by atoms with Gasteiger partial charge in [-0.2, -0.15) is 0 Å². The summed E-state index contributed by atoms with van der Waals surface area (Å²) in [5.41, 5.74) is 1.88. The molecule has 3 heterocycles. The first-order chi connectivity index (χ1) is 15.6. The molecule has 164 valence electrons. The van der Waals surface area contributed by atoms with Gasteiger partial charge in [0.15, 0.2) is 11.0 Å². The van der Waals surface area contributed by atoms with Crippen molar-refractivity contribution in [1.82, 2.24) is 25.1 Å². The number of amides is 1. The maximum absolute atomic E-state index is 12.4. The van der Waals surface area contributed by atoms with Gasteiger partial charge < -0.3 is 14.3 Å². The standard InChI is InChI=1S/C23H22ClN5O2S/c1-2-13-29-22(17-9-11-25-12-10-17)27-28-23(29)32-15-21(30)26-14-19-7-8-20(31-19)16-3-5-18(24)6-4-16/h3-12H,2,13-15H2,1H3,(H,26,30). The first kappa shape index (κ1) is 22.1. The number of rotatable bonds is 9. The number of benzene rings is 1. The molecule has 0 bridgehead atoms. The van der Waals surface area contributed by atoms with Gasteiger partial charge in [-0.15, -0.1) is 10.2 Å². The number of aromatic nitrogens is 4. The van der Waals surface area contributed by atoms with Crippen molar-refractivity contribution in [2.24, 2.45) is 0 Å². The van der Waals surface area contributed by atoms with Crippen LogP contribution in [0, 0.1) is 0 Å². The van der Waals surface area contributed by atoms with Crippen molar-refractivity contribution in [3.63, 3.8) is 0 Å². The van der Waals surface area contributed by atoms with Crippen LogP contribution in [0.4, 0.5) is 0 Å². The van der Waals surface area contributed by atoms with Crippen LogP contribution in [0.25, 0.3) is 22.7 Å². The van der Waals surface area contributed by atoms with Crippen molar-refractivity contribution in [2.75, 3.05) is 5.75 Å². The SMILES string of the molecule is CCCn1c(SCC(=O)NCc2ccc(-c3ccc(Cl)cc3)o2)nnc1-c1ccncc1. The fourth-order valence-electron chi connectivity index (χ4n) is 3.14. The van der Waals surface area contributed by atoms with Crippen LogP contribution in [0.15, 0.2) is 70.5 Å². The van der Waals surface area contributed by atoms with E-state index in [1.54, 1.807) is 12.4 Å². The molecule has 4 rings (SSSR count). The molecule has 7 nitrogen and oxygen atoms in total. The molecule has 9 heteroatoms. The first-order valence-corrected chi connectivity index (χ1v) is 11.6. The minimum absolute atomic E-state index is 0.101. The Labute approximate surface area is 195 Å². The molecule has 0 atom stereocenters. The van der Waals surface area contributed by atoms with Crippen LogP contribution in [-0.2, 0) is 17.9 Å². The zero-order chi connectivity index (χ0) is 22.3. The molecule has 4 aromatic rings. The normalized spacial score (nSPS) is 10.9. The lowest BCUT2D eigenvalue weighted by Crippen LogP contribution is -2.24. The molecule has 0 fully saturated rings. The largest absolute Gasteiger partial charge is 0.459 e. The second-order valence-corrected chi connectivity index (χ2v) is 8.41. The summed E-state index contributed by atoms with van der Waals surface area (Å²) in [6.45, 7) is 3.19. The smallest absolute Gasteiger partial charge is 0.230 e. The second-order valence-electron chi connectivity index (χ2n) is 7.03.